The van der Waals surface area contributed by atoms with Gasteiger partial charge in [-0.2, -0.15) is 0 Å². The van der Waals surface area contributed by atoms with E-state index < -0.39 is 10.0 Å². The molecule has 2 fully saturated rings. The number of nitrogens with zero attached hydrogens (tertiary/aromatic N) is 3. The maximum absolute atomic E-state index is 11.7. The van der Waals surface area contributed by atoms with Crippen molar-refractivity contribution in [2.75, 3.05) is 36.4 Å². The van der Waals surface area contributed by atoms with Gasteiger partial charge < -0.3 is 10.2 Å². The number of rotatable bonds is 7. The summed E-state index contributed by atoms with van der Waals surface area (Å²) in [4.78, 5) is 11.2. The second-order valence-corrected chi connectivity index (χ2v) is 8.32. The van der Waals surface area contributed by atoms with E-state index in [4.69, 9.17) is 0 Å². The summed E-state index contributed by atoms with van der Waals surface area (Å²) in [6.07, 6.45) is 5.26. The summed E-state index contributed by atoms with van der Waals surface area (Å²) < 4.78 is 26.1. The van der Waals surface area contributed by atoms with E-state index in [0.29, 0.717) is 13.1 Å². The minimum Gasteiger partial charge on any atom is -0.369 e. The molecular formula is C15H25N5O2S. The first-order valence-electron chi connectivity index (χ1n) is 8.37. The Kier molecular flexibility index (Phi) is 5.01. The molecule has 0 radical (unpaired) electrons. The van der Waals surface area contributed by atoms with E-state index >= 15 is 0 Å². The van der Waals surface area contributed by atoms with E-state index in [9.17, 15) is 8.42 Å². The van der Waals surface area contributed by atoms with E-state index in [1.807, 2.05) is 13.0 Å². The molecule has 0 unspecified atom stereocenters. The monoisotopic (exact) mass is 339 g/mol. The van der Waals surface area contributed by atoms with E-state index in [0.717, 1.165) is 43.4 Å². The summed E-state index contributed by atoms with van der Waals surface area (Å²) >= 11 is 0. The third-order valence-corrected chi connectivity index (χ3v) is 6.16. The zero-order chi connectivity index (χ0) is 16.3. The molecule has 7 nitrogen and oxygen atoms in total. The molecule has 0 atom stereocenters. The van der Waals surface area contributed by atoms with Crippen molar-refractivity contribution >= 4 is 21.7 Å². The lowest BCUT2D eigenvalue weighted by molar-refractivity contribution is 0.572. The van der Waals surface area contributed by atoms with Crippen LogP contribution in [-0.4, -0.2) is 49.8 Å². The number of sulfonamides is 1. The molecule has 0 bridgehead atoms. The fourth-order valence-electron chi connectivity index (χ4n) is 2.81. The van der Waals surface area contributed by atoms with Crippen LogP contribution in [0.3, 0.4) is 0 Å². The normalized spacial score (nSPS) is 18.9. The molecule has 1 aliphatic heterocycles. The van der Waals surface area contributed by atoms with E-state index in [-0.39, 0.29) is 5.25 Å². The van der Waals surface area contributed by atoms with Gasteiger partial charge in [0.15, 0.2) is 0 Å². The molecule has 23 heavy (non-hydrogen) atoms. The Morgan fingerprint density at radius 3 is 2.61 bits per heavy atom. The number of aryl methyl sites for hydroxylation is 1. The fourth-order valence-corrected chi connectivity index (χ4v) is 4.19. The molecule has 128 valence electrons. The summed E-state index contributed by atoms with van der Waals surface area (Å²) in [5.41, 5.74) is 0. The number of anilines is 2. The Balaban J connectivity index is 1.53. The third-order valence-electron chi connectivity index (χ3n) is 4.20. The van der Waals surface area contributed by atoms with Crippen molar-refractivity contribution in [3.8, 4) is 0 Å². The SMILES string of the molecule is Cc1nc(NCCNS(=O)(=O)C2CC2)cc(N2CCCCC2)n1. The van der Waals surface area contributed by atoms with Gasteiger partial charge in [0.05, 0.1) is 5.25 Å². The van der Waals surface area contributed by atoms with Crippen LogP contribution in [0.15, 0.2) is 6.07 Å². The molecule has 1 aromatic heterocycles. The van der Waals surface area contributed by atoms with E-state index in [1.54, 1.807) is 0 Å². The Hall–Kier alpha value is -1.41. The van der Waals surface area contributed by atoms with Gasteiger partial charge >= 0.3 is 0 Å². The molecule has 1 aliphatic carbocycles. The predicted octanol–water partition coefficient (Wildman–Crippen LogP) is 1.27. The van der Waals surface area contributed by atoms with Gasteiger partial charge in [0.1, 0.15) is 17.5 Å². The van der Waals surface area contributed by atoms with E-state index in [1.165, 1.54) is 19.3 Å². The zero-order valence-electron chi connectivity index (χ0n) is 13.6. The number of hydrogen-bond donors (Lipinski definition) is 2. The number of nitrogens with one attached hydrogen (secondary N) is 2. The molecule has 0 aromatic carbocycles. The highest BCUT2D eigenvalue weighted by molar-refractivity contribution is 7.90. The first kappa shape index (κ1) is 16.4. The molecule has 2 aliphatic rings. The number of aromatic nitrogens is 2. The lowest BCUT2D eigenvalue weighted by Crippen LogP contribution is -2.32. The van der Waals surface area contributed by atoms with Crippen molar-refractivity contribution in [1.29, 1.82) is 0 Å². The first-order valence-corrected chi connectivity index (χ1v) is 9.92. The summed E-state index contributed by atoms with van der Waals surface area (Å²) in [7, 11) is -3.11. The van der Waals surface area contributed by atoms with Crippen LogP contribution in [0.1, 0.15) is 37.9 Å². The minimum atomic E-state index is -3.11. The molecule has 2 heterocycles. The van der Waals surface area contributed by atoms with Gasteiger partial charge in [-0.1, -0.05) is 0 Å². The number of piperidine rings is 1. The molecule has 3 rings (SSSR count). The summed E-state index contributed by atoms with van der Waals surface area (Å²) in [6, 6.07) is 1.95. The topological polar surface area (TPSA) is 87.2 Å². The smallest absolute Gasteiger partial charge is 0.214 e. The van der Waals surface area contributed by atoms with Crippen molar-refractivity contribution in [2.24, 2.45) is 0 Å². The molecule has 0 spiro atoms. The van der Waals surface area contributed by atoms with Gasteiger partial charge in [-0.25, -0.2) is 23.1 Å². The van der Waals surface area contributed by atoms with Crippen molar-refractivity contribution < 1.29 is 8.42 Å². The molecule has 1 saturated heterocycles. The average molecular weight is 339 g/mol. The van der Waals surface area contributed by atoms with Crippen LogP contribution in [0, 0.1) is 6.92 Å². The van der Waals surface area contributed by atoms with Gasteiger partial charge in [0.2, 0.25) is 10.0 Å². The zero-order valence-corrected chi connectivity index (χ0v) is 14.4. The standard InChI is InChI=1S/C15H25N5O2S/c1-12-18-14(11-15(19-12)20-9-3-2-4-10-20)16-7-8-17-23(21,22)13-5-6-13/h11,13,17H,2-10H2,1H3,(H,16,18,19). The van der Waals surface area contributed by atoms with Gasteiger partial charge in [0, 0.05) is 32.2 Å². The second kappa shape index (κ2) is 7.00. The van der Waals surface area contributed by atoms with Gasteiger partial charge in [-0.15, -0.1) is 0 Å². The van der Waals surface area contributed by atoms with Crippen LogP contribution in [0.25, 0.3) is 0 Å². The van der Waals surface area contributed by atoms with Gasteiger partial charge in [-0.3, -0.25) is 0 Å². The Bertz CT molecular complexity index is 639. The predicted molar refractivity (Wildman–Crippen MR) is 91.3 cm³/mol. The summed E-state index contributed by atoms with van der Waals surface area (Å²) in [5.74, 6) is 2.44. The van der Waals surface area contributed by atoms with E-state index in [2.05, 4.69) is 24.9 Å². The van der Waals surface area contributed by atoms with Gasteiger partial charge in [-0.05, 0) is 39.0 Å². The average Bonchev–Trinajstić information content (AvgIpc) is 3.37. The van der Waals surface area contributed by atoms with Crippen molar-refractivity contribution in [3.05, 3.63) is 11.9 Å². The lowest BCUT2D eigenvalue weighted by atomic mass is 10.1. The second-order valence-electron chi connectivity index (χ2n) is 6.27. The van der Waals surface area contributed by atoms with Crippen LogP contribution in [-0.2, 0) is 10.0 Å². The highest BCUT2D eigenvalue weighted by atomic mass is 32.2. The number of hydrogen-bond acceptors (Lipinski definition) is 6. The largest absolute Gasteiger partial charge is 0.369 e. The Labute approximate surface area is 137 Å². The molecule has 8 heteroatoms. The molecule has 1 saturated carbocycles. The quantitative estimate of drug-likeness (QED) is 0.728. The lowest BCUT2D eigenvalue weighted by Gasteiger charge is -2.28. The van der Waals surface area contributed by atoms with Crippen LogP contribution in [0.2, 0.25) is 0 Å². The highest BCUT2D eigenvalue weighted by Crippen LogP contribution is 2.27. The van der Waals surface area contributed by atoms with Crippen LogP contribution in [0.4, 0.5) is 11.6 Å². The Morgan fingerprint density at radius 2 is 1.91 bits per heavy atom. The minimum absolute atomic E-state index is 0.172. The maximum Gasteiger partial charge on any atom is 0.214 e. The van der Waals surface area contributed by atoms with Crippen molar-refractivity contribution in [2.45, 2.75) is 44.3 Å². The van der Waals surface area contributed by atoms with Crippen molar-refractivity contribution in [3.63, 3.8) is 0 Å². The Morgan fingerprint density at radius 1 is 1.17 bits per heavy atom. The maximum atomic E-state index is 11.7. The summed E-state index contributed by atoms with van der Waals surface area (Å²) in [5, 5.41) is 3.02. The molecule has 0 amide bonds. The molecule has 1 aromatic rings. The molecule has 2 N–H and O–H groups in total. The third kappa shape index (κ3) is 4.54. The highest BCUT2D eigenvalue weighted by Gasteiger charge is 2.35. The first-order chi connectivity index (χ1) is 11.0. The molecular weight excluding hydrogens is 314 g/mol. The fraction of sp³-hybridized carbons (Fsp3) is 0.733. The van der Waals surface area contributed by atoms with Crippen LogP contribution >= 0.6 is 0 Å². The summed E-state index contributed by atoms with van der Waals surface area (Å²) in [6.45, 7) is 4.85. The van der Waals surface area contributed by atoms with Crippen molar-refractivity contribution in [1.82, 2.24) is 14.7 Å². The van der Waals surface area contributed by atoms with Crippen LogP contribution in [0.5, 0.6) is 0 Å². The van der Waals surface area contributed by atoms with Crippen LogP contribution < -0.4 is 14.9 Å². The van der Waals surface area contributed by atoms with Gasteiger partial charge in [0.25, 0.3) is 0 Å².